The molecule has 0 bridgehead atoms. The molecule has 3 nitrogen and oxygen atoms in total. The molecule has 0 amide bonds. The maximum atomic E-state index is 12.8. The largest absolute Gasteiger partial charge is 0.494 e. The lowest BCUT2D eigenvalue weighted by Gasteiger charge is -2.04. The van der Waals surface area contributed by atoms with Gasteiger partial charge in [0.2, 0.25) is 0 Å². The Morgan fingerprint density at radius 2 is 1.86 bits per heavy atom. The maximum Gasteiger partial charge on any atom is 0.134 e. The topological polar surface area (TPSA) is 48.4 Å². The van der Waals surface area contributed by atoms with Crippen molar-refractivity contribution in [3.05, 3.63) is 65.7 Å². The minimum atomic E-state index is -0.258. The Morgan fingerprint density at radius 3 is 2.64 bits per heavy atom. The van der Waals surface area contributed by atoms with Crippen molar-refractivity contribution in [1.82, 2.24) is 0 Å². The van der Waals surface area contributed by atoms with Crippen LogP contribution in [-0.4, -0.2) is 6.61 Å². The van der Waals surface area contributed by atoms with Crippen molar-refractivity contribution in [2.24, 2.45) is 5.73 Å². The molecule has 0 unspecified atom stereocenters. The van der Waals surface area contributed by atoms with E-state index in [9.17, 15) is 4.39 Å². The minimum absolute atomic E-state index is 0.258. The molecule has 0 aliphatic carbocycles. The van der Waals surface area contributed by atoms with Gasteiger partial charge in [-0.1, -0.05) is 6.07 Å². The van der Waals surface area contributed by atoms with Gasteiger partial charge in [-0.3, -0.25) is 0 Å². The smallest absolute Gasteiger partial charge is 0.134 e. The Bertz CT molecular complexity index is 749. The van der Waals surface area contributed by atoms with E-state index < -0.39 is 0 Å². The minimum Gasteiger partial charge on any atom is -0.494 e. The molecular formula is C18H18FNO2. The number of benzene rings is 2. The van der Waals surface area contributed by atoms with E-state index in [1.807, 2.05) is 18.2 Å². The lowest BCUT2D eigenvalue weighted by Crippen LogP contribution is -1.98. The lowest BCUT2D eigenvalue weighted by molar-refractivity contribution is 0.306. The van der Waals surface area contributed by atoms with Crippen LogP contribution in [0.2, 0.25) is 0 Å². The summed E-state index contributed by atoms with van der Waals surface area (Å²) in [6, 6.07) is 14.1. The van der Waals surface area contributed by atoms with Crippen molar-refractivity contribution in [2.45, 2.75) is 19.4 Å². The van der Waals surface area contributed by atoms with Gasteiger partial charge in [0.15, 0.2) is 0 Å². The fourth-order valence-corrected chi connectivity index (χ4v) is 2.37. The zero-order chi connectivity index (χ0) is 15.4. The number of nitrogens with two attached hydrogens (primary N) is 1. The summed E-state index contributed by atoms with van der Waals surface area (Å²) in [5.74, 6) is 1.36. The van der Waals surface area contributed by atoms with Gasteiger partial charge in [0, 0.05) is 18.4 Å². The normalized spacial score (nSPS) is 11.0. The third kappa shape index (κ3) is 3.46. The van der Waals surface area contributed by atoms with Crippen LogP contribution in [-0.2, 0) is 13.0 Å². The molecule has 114 valence electrons. The predicted molar refractivity (Wildman–Crippen MR) is 84.3 cm³/mol. The SMILES string of the molecule is NCc1ccc2oc(CCCOc3ccc(F)cc3)cc2c1. The number of furan rings is 1. The first kappa shape index (κ1) is 14.6. The highest BCUT2D eigenvalue weighted by Crippen LogP contribution is 2.22. The Balaban J connectivity index is 1.54. The molecule has 4 heteroatoms. The summed E-state index contributed by atoms with van der Waals surface area (Å²) in [5.41, 5.74) is 7.62. The molecule has 1 heterocycles. The Kier molecular flexibility index (Phi) is 4.39. The number of ether oxygens (including phenoxy) is 1. The highest BCUT2D eigenvalue weighted by atomic mass is 19.1. The van der Waals surface area contributed by atoms with E-state index in [0.29, 0.717) is 18.9 Å². The van der Waals surface area contributed by atoms with Crippen molar-refractivity contribution in [2.75, 3.05) is 6.61 Å². The third-order valence-corrected chi connectivity index (χ3v) is 3.52. The maximum absolute atomic E-state index is 12.8. The first-order valence-corrected chi connectivity index (χ1v) is 7.34. The van der Waals surface area contributed by atoms with Crippen LogP contribution < -0.4 is 10.5 Å². The molecule has 22 heavy (non-hydrogen) atoms. The van der Waals surface area contributed by atoms with Crippen molar-refractivity contribution in [1.29, 1.82) is 0 Å². The van der Waals surface area contributed by atoms with Crippen LogP contribution >= 0.6 is 0 Å². The molecule has 0 fully saturated rings. The second-order valence-electron chi connectivity index (χ2n) is 5.19. The summed E-state index contributed by atoms with van der Waals surface area (Å²) >= 11 is 0. The molecule has 0 radical (unpaired) electrons. The summed E-state index contributed by atoms with van der Waals surface area (Å²) < 4.78 is 24.1. The van der Waals surface area contributed by atoms with E-state index in [0.717, 1.165) is 35.1 Å². The van der Waals surface area contributed by atoms with Crippen molar-refractivity contribution in [3.8, 4) is 5.75 Å². The van der Waals surface area contributed by atoms with Gasteiger partial charge in [-0.15, -0.1) is 0 Å². The number of rotatable bonds is 6. The Hall–Kier alpha value is -2.33. The van der Waals surface area contributed by atoms with Crippen LogP contribution in [0.3, 0.4) is 0 Å². The van der Waals surface area contributed by atoms with E-state index in [4.69, 9.17) is 14.9 Å². The number of hydrogen-bond acceptors (Lipinski definition) is 3. The van der Waals surface area contributed by atoms with Crippen LogP contribution in [0.4, 0.5) is 4.39 Å². The van der Waals surface area contributed by atoms with Crippen LogP contribution in [0.25, 0.3) is 11.0 Å². The molecule has 0 spiro atoms. The summed E-state index contributed by atoms with van der Waals surface area (Å²) in [6.07, 6.45) is 1.63. The van der Waals surface area contributed by atoms with Gasteiger partial charge >= 0.3 is 0 Å². The molecule has 0 aliphatic heterocycles. The van der Waals surface area contributed by atoms with Gasteiger partial charge in [0.05, 0.1) is 6.61 Å². The van der Waals surface area contributed by atoms with Crippen molar-refractivity contribution < 1.29 is 13.5 Å². The molecule has 1 aromatic heterocycles. The quantitative estimate of drug-likeness (QED) is 0.699. The van der Waals surface area contributed by atoms with Crippen molar-refractivity contribution in [3.63, 3.8) is 0 Å². The molecule has 0 aliphatic rings. The van der Waals surface area contributed by atoms with Gasteiger partial charge in [-0.05, 0) is 54.4 Å². The molecule has 0 atom stereocenters. The van der Waals surface area contributed by atoms with E-state index >= 15 is 0 Å². The molecule has 2 aromatic carbocycles. The van der Waals surface area contributed by atoms with Gasteiger partial charge in [-0.25, -0.2) is 4.39 Å². The van der Waals surface area contributed by atoms with E-state index in [1.54, 1.807) is 12.1 Å². The highest BCUT2D eigenvalue weighted by Gasteiger charge is 2.04. The fourth-order valence-electron chi connectivity index (χ4n) is 2.37. The second kappa shape index (κ2) is 6.62. The summed E-state index contributed by atoms with van der Waals surface area (Å²) in [5, 5.41) is 1.08. The van der Waals surface area contributed by atoms with E-state index in [1.165, 1.54) is 12.1 Å². The van der Waals surface area contributed by atoms with Gasteiger partial charge in [-0.2, -0.15) is 0 Å². The van der Waals surface area contributed by atoms with Gasteiger partial charge in [0.25, 0.3) is 0 Å². The van der Waals surface area contributed by atoms with Crippen LogP contribution in [0.5, 0.6) is 5.75 Å². The number of fused-ring (bicyclic) bond motifs is 1. The summed E-state index contributed by atoms with van der Waals surface area (Å²) in [6.45, 7) is 1.10. The third-order valence-electron chi connectivity index (χ3n) is 3.52. The van der Waals surface area contributed by atoms with E-state index in [-0.39, 0.29) is 5.82 Å². The standard InChI is InChI=1S/C18H18FNO2/c19-15-4-6-16(7-5-15)21-9-1-2-17-11-14-10-13(12-20)3-8-18(14)22-17/h3-8,10-11H,1-2,9,12,20H2. The predicted octanol–water partition coefficient (Wildman–Crippen LogP) is 4.04. The fraction of sp³-hybridized carbons (Fsp3) is 0.222. The van der Waals surface area contributed by atoms with Crippen LogP contribution in [0, 0.1) is 5.82 Å². The zero-order valence-electron chi connectivity index (χ0n) is 12.2. The molecular weight excluding hydrogens is 281 g/mol. The van der Waals surface area contributed by atoms with Gasteiger partial charge < -0.3 is 14.9 Å². The highest BCUT2D eigenvalue weighted by molar-refractivity contribution is 5.78. The molecule has 0 saturated heterocycles. The first-order valence-electron chi connectivity index (χ1n) is 7.34. The van der Waals surface area contributed by atoms with Crippen molar-refractivity contribution >= 4 is 11.0 Å². The average Bonchev–Trinajstić information content (AvgIpc) is 2.95. The van der Waals surface area contributed by atoms with Crippen LogP contribution in [0.1, 0.15) is 17.7 Å². The first-order chi connectivity index (χ1) is 10.7. The molecule has 3 rings (SSSR count). The summed E-state index contributed by atoms with van der Waals surface area (Å²) in [4.78, 5) is 0. The number of aryl methyl sites for hydroxylation is 1. The lowest BCUT2D eigenvalue weighted by atomic mass is 10.1. The molecule has 2 N–H and O–H groups in total. The monoisotopic (exact) mass is 299 g/mol. The molecule has 0 saturated carbocycles. The van der Waals surface area contributed by atoms with Crippen LogP contribution in [0.15, 0.2) is 52.9 Å². The Labute approximate surface area is 128 Å². The summed E-state index contributed by atoms with van der Waals surface area (Å²) in [7, 11) is 0. The number of hydrogen-bond donors (Lipinski definition) is 1. The Morgan fingerprint density at radius 1 is 1.05 bits per heavy atom. The van der Waals surface area contributed by atoms with Gasteiger partial charge in [0.1, 0.15) is 22.9 Å². The molecule has 3 aromatic rings. The second-order valence-corrected chi connectivity index (χ2v) is 5.19. The van der Waals surface area contributed by atoms with E-state index in [2.05, 4.69) is 6.07 Å². The average molecular weight is 299 g/mol. The number of halogens is 1. The zero-order valence-corrected chi connectivity index (χ0v) is 12.2.